The van der Waals surface area contributed by atoms with Crippen LogP contribution in [0.5, 0.6) is 0 Å². The fraction of sp³-hybridized carbons (Fsp3) is 0.722. The first-order valence-electron chi connectivity index (χ1n) is 9.42. The van der Waals surface area contributed by atoms with E-state index in [1.165, 1.54) is 19.3 Å². The Morgan fingerprint density at radius 1 is 1.44 bits per heavy atom. The fourth-order valence-electron chi connectivity index (χ4n) is 3.46. The van der Waals surface area contributed by atoms with Crippen LogP contribution in [0.25, 0.3) is 0 Å². The Balaban J connectivity index is 1.54. The Hall–Kier alpha value is -1.89. The van der Waals surface area contributed by atoms with Crippen LogP contribution in [0, 0.1) is 0 Å². The highest BCUT2D eigenvalue weighted by molar-refractivity contribution is 5.80. The van der Waals surface area contributed by atoms with Crippen LogP contribution in [0.1, 0.15) is 50.7 Å². The van der Waals surface area contributed by atoms with Crippen LogP contribution in [-0.4, -0.2) is 47.0 Å². The molecule has 1 aliphatic heterocycles. The molecule has 25 heavy (non-hydrogen) atoms. The van der Waals surface area contributed by atoms with Crippen LogP contribution in [-0.2, 0) is 24.3 Å². The summed E-state index contributed by atoms with van der Waals surface area (Å²) in [4.78, 5) is 9.28. The summed E-state index contributed by atoms with van der Waals surface area (Å²) >= 11 is 0. The highest BCUT2D eigenvalue weighted by Gasteiger charge is 2.22. The Morgan fingerprint density at radius 3 is 3.12 bits per heavy atom. The zero-order valence-electron chi connectivity index (χ0n) is 15.4. The first-order chi connectivity index (χ1) is 12.3. The molecule has 2 aliphatic rings. The van der Waals surface area contributed by atoms with Gasteiger partial charge in [0.1, 0.15) is 12.4 Å². The van der Waals surface area contributed by atoms with E-state index >= 15 is 0 Å². The van der Waals surface area contributed by atoms with E-state index in [4.69, 9.17) is 9.73 Å². The molecule has 2 N–H and O–H groups in total. The predicted octanol–water partition coefficient (Wildman–Crippen LogP) is 1.79. The molecule has 7 heteroatoms. The quantitative estimate of drug-likeness (QED) is 0.447. The smallest absolute Gasteiger partial charge is 0.191 e. The maximum atomic E-state index is 5.13. The molecule has 0 saturated heterocycles. The highest BCUT2D eigenvalue weighted by atomic mass is 16.5. The van der Waals surface area contributed by atoms with E-state index in [1.807, 2.05) is 4.68 Å². The van der Waals surface area contributed by atoms with Gasteiger partial charge in [-0.05, 0) is 39.0 Å². The summed E-state index contributed by atoms with van der Waals surface area (Å²) in [6, 6.07) is 0.327. The predicted molar refractivity (Wildman–Crippen MR) is 98.5 cm³/mol. The van der Waals surface area contributed by atoms with Gasteiger partial charge in [0, 0.05) is 32.7 Å². The van der Waals surface area contributed by atoms with Crippen molar-refractivity contribution in [1.82, 2.24) is 25.4 Å². The van der Waals surface area contributed by atoms with Gasteiger partial charge in [0.25, 0.3) is 0 Å². The van der Waals surface area contributed by atoms with E-state index in [0.717, 1.165) is 56.5 Å². The summed E-state index contributed by atoms with van der Waals surface area (Å²) in [5, 5.41) is 11.5. The molecule has 7 nitrogen and oxygen atoms in total. The van der Waals surface area contributed by atoms with Crippen LogP contribution in [0.15, 0.2) is 16.6 Å². The lowest BCUT2D eigenvalue weighted by Crippen LogP contribution is -2.47. The van der Waals surface area contributed by atoms with Gasteiger partial charge in [-0.25, -0.2) is 9.67 Å². The lowest BCUT2D eigenvalue weighted by molar-refractivity contribution is 0.177. The topological polar surface area (TPSA) is 76.4 Å². The molecule has 0 aromatic carbocycles. The summed E-state index contributed by atoms with van der Waals surface area (Å²) in [7, 11) is 1.67. The lowest BCUT2D eigenvalue weighted by Gasteiger charge is -2.25. The van der Waals surface area contributed by atoms with Crippen molar-refractivity contribution in [2.75, 3.05) is 20.2 Å². The fourth-order valence-corrected chi connectivity index (χ4v) is 3.46. The molecule has 1 aromatic heterocycles. The molecular formula is C18H30N6O. The van der Waals surface area contributed by atoms with E-state index < -0.39 is 0 Å². The SMILES string of the molecule is CCNC(=NCCC1=CCCC1)NC1CCc2nc(COC)nn2C1. The number of rotatable bonds is 7. The Morgan fingerprint density at radius 2 is 2.36 bits per heavy atom. The number of methoxy groups -OCH3 is 1. The molecule has 1 atom stereocenters. The number of nitrogens with zero attached hydrogens (tertiary/aromatic N) is 4. The minimum Gasteiger partial charge on any atom is -0.377 e. The van der Waals surface area contributed by atoms with Gasteiger partial charge in [-0.3, -0.25) is 4.99 Å². The first kappa shape index (κ1) is 17.9. The standard InChI is InChI=1S/C18H30N6O/c1-3-19-18(20-11-10-14-6-4-5-7-14)21-15-8-9-17-22-16(13-25-2)23-24(17)12-15/h6,15H,3-5,7-13H2,1-2H3,(H2,19,20,21). The van der Waals surface area contributed by atoms with E-state index in [1.54, 1.807) is 12.7 Å². The Labute approximate surface area is 150 Å². The first-order valence-corrected chi connectivity index (χ1v) is 9.42. The number of hydrogen-bond donors (Lipinski definition) is 2. The second kappa shape index (κ2) is 8.99. The van der Waals surface area contributed by atoms with E-state index in [-0.39, 0.29) is 0 Å². The van der Waals surface area contributed by atoms with E-state index in [9.17, 15) is 0 Å². The molecule has 1 aromatic rings. The van der Waals surface area contributed by atoms with Gasteiger partial charge < -0.3 is 15.4 Å². The average Bonchev–Trinajstić information content (AvgIpc) is 3.24. The molecule has 0 bridgehead atoms. The van der Waals surface area contributed by atoms with Crippen molar-refractivity contribution < 1.29 is 4.74 Å². The molecule has 2 heterocycles. The molecule has 0 spiro atoms. The average molecular weight is 346 g/mol. The van der Waals surface area contributed by atoms with Crippen LogP contribution in [0.2, 0.25) is 0 Å². The van der Waals surface area contributed by atoms with Crippen molar-refractivity contribution in [2.24, 2.45) is 4.99 Å². The summed E-state index contributed by atoms with van der Waals surface area (Å²) in [6.07, 6.45) is 9.23. The zero-order valence-corrected chi connectivity index (χ0v) is 15.4. The second-order valence-corrected chi connectivity index (χ2v) is 6.70. The number of aliphatic imine (C=N–C) groups is 1. The molecular weight excluding hydrogens is 316 g/mol. The summed E-state index contributed by atoms with van der Waals surface area (Å²) < 4.78 is 7.13. The van der Waals surface area contributed by atoms with Crippen LogP contribution < -0.4 is 10.6 Å². The summed E-state index contributed by atoms with van der Waals surface area (Å²) in [6.45, 7) is 5.11. The van der Waals surface area contributed by atoms with Gasteiger partial charge in [-0.15, -0.1) is 0 Å². The van der Waals surface area contributed by atoms with Gasteiger partial charge in [0.05, 0.1) is 6.54 Å². The molecule has 0 radical (unpaired) electrons. The van der Waals surface area contributed by atoms with Gasteiger partial charge in [0.2, 0.25) is 0 Å². The Kier molecular flexibility index (Phi) is 6.44. The lowest BCUT2D eigenvalue weighted by atomic mass is 10.1. The largest absolute Gasteiger partial charge is 0.377 e. The van der Waals surface area contributed by atoms with E-state index in [2.05, 4.69) is 33.7 Å². The maximum absolute atomic E-state index is 5.13. The summed E-state index contributed by atoms with van der Waals surface area (Å²) in [5.74, 6) is 2.73. The molecule has 138 valence electrons. The maximum Gasteiger partial charge on any atom is 0.191 e. The van der Waals surface area contributed by atoms with Gasteiger partial charge >= 0.3 is 0 Å². The van der Waals surface area contributed by atoms with Crippen molar-refractivity contribution in [2.45, 2.75) is 64.6 Å². The third kappa shape index (κ3) is 5.04. The number of hydrogen-bond acceptors (Lipinski definition) is 4. The minimum absolute atomic E-state index is 0.327. The van der Waals surface area contributed by atoms with Crippen molar-refractivity contribution in [1.29, 1.82) is 0 Å². The number of aromatic nitrogens is 3. The number of fused-ring (bicyclic) bond motifs is 1. The number of guanidine groups is 1. The van der Waals surface area contributed by atoms with Gasteiger partial charge in [-0.2, -0.15) is 5.10 Å². The second-order valence-electron chi connectivity index (χ2n) is 6.70. The molecule has 0 fully saturated rings. The number of nitrogens with one attached hydrogen (secondary N) is 2. The van der Waals surface area contributed by atoms with Crippen LogP contribution >= 0.6 is 0 Å². The van der Waals surface area contributed by atoms with Crippen molar-refractivity contribution in [3.05, 3.63) is 23.3 Å². The zero-order chi connectivity index (χ0) is 17.5. The summed E-state index contributed by atoms with van der Waals surface area (Å²) in [5.41, 5.74) is 1.56. The Bertz CT molecular complexity index is 621. The molecule has 0 amide bonds. The monoisotopic (exact) mass is 346 g/mol. The number of ether oxygens (including phenoxy) is 1. The molecule has 1 aliphatic carbocycles. The third-order valence-corrected chi connectivity index (χ3v) is 4.70. The molecule has 1 unspecified atom stereocenters. The van der Waals surface area contributed by atoms with Gasteiger partial charge in [0.15, 0.2) is 11.8 Å². The van der Waals surface area contributed by atoms with Crippen LogP contribution in [0.4, 0.5) is 0 Å². The van der Waals surface area contributed by atoms with Crippen molar-refractivity contribution >= 4 is 5.96 Å². The number of allylic oxidation sites excluding steroid dienone is 1. The van der Waals surface area contributed by atoms with Crippen molar-refractivity contribution in [3.63, 3.8) is 0 Å². The molecule has 0 saturated carbocycles. The highest BCUT2D eigenvalue weighted by Crippen LogP contribution is 2.20. The van der Waals surface area contributed by atoms with E-state index in [0.29, 0.717) is 12.6 Å². The third-order valence-electron chi connectivity index (χ3n) is 4.70. The molecule has 3 rings (SSSR count). The number of aryl methyl sites for hydroxylation is 1. The normalized spacial score (nSPS) is 20.3. The minimum atomic E-state index is 0.327. The van der Waals surface area contributed by atoms with Crippen molar-refractivity contribution in [3.8, 4) is 0 Å². The van der Waals surface area contributed by atoms with Crippen LogP contribution in [0.3, 0.4) is 0 Å². The van der Waals surface area contributed by atoms with Gasteiger partial charge in [-0.1, -0.05) is 11.6 Å².